The molecular formula is C16H24Cl2N2. The van der Waals surface area contributed by atoms with Gasteiger partial charge in [0.25, 0.3) is 0 Å². The van der Waals surface area contributed by atoms with Crippen LogP contribution in [-0.2, 0) is 13.0 Å². The molecule has 1 spiro atoms. The van der Waals surface area contributed by atoms with Crippen LogP contribution in [0.1, 0.15) is 30.9 Å². The molecule has 2 nitrogen and oxygen atoms in total. The zero-order valence-electron chi connectivity index (χ0n) is 12.1. The molecule has 0 amide bonds. The van der Waals surface area contributed by atoms with Crippen LogP contribution in [-0.4, -0.2) is 31.1 Å². The van der Waals surface area contributed by atoms with Crippen LogP contribution in [0.5, 0.6) is 0 Å². The fourth-order valence-electron chi connectivity index (χ4n) is 3.64. The van der Waals surface area contributed by atoms with E-state index in [0.29, 0.717) is 5.41 Å². The lowest BCUT2D eigenvalue weighted by atomic mass is 9.86. The second kappa shape index (κ2) is 6.65. The van der Waals surface area contributed by atoms with Gasteiger partial charge < -0.3 is 5.32 Å². The van der Waals surface area contributed by atoms with Gasteiger partial charge in [0.05, 0.1) is 0 Å². The first kappa shape index (κ1) is 16.1. The molecule has 1 N–H and O–H groups in total. The maximum atomic E-state index is 6.40. The van der Waals surface area contributed by atoms with Crippen LogP contribution in [0, 0.1) is 5.41 Å². The first-order valence-electron chi connectivity index (χ1n) is 7.42. The number of halogens is 2. The van der Waals surface area contributed by atoms with E-state index in [-0.39, 0.29) is 12.4 Å². The lowest BCUT2D eigenvalue weighted by Crippen LogP contribution is -2.29. The van der Waals surface area contributed by atoms with Gasteiger partial charge in [0.1, 0.15) is 0 Å². The predicted molar refractivity (Wildman–Crippen MR) is 87.9 cm³/mol. The maximum absolute atomic E-state index is 6.40. The highest BCUT2D eigenvalue weighted by Crippen LogP contribution is 2.37. The molecule has 0 aromatic heterocycles. The third-order valence-electron chi connectivity index (χ3n) is 4.83. The summed E-state index contributed by atoms with van der Waals surface area (Å²) in [5, 5.41) is 4.46. The maximum Gasteiger partial charge on any atom is 0.0453 e. The lowest BCUT2D eigenvalue weighted by molar-refractivity contribution is 0.268. The van der Waals surface area contributed by atoms with Crippen molar-refractivity contribution in [3.63, 3.8) is 0 Å². The topological polar surface area (TPSA) is 15.3 Å². The Morgan fingerprint density at radius 2 is 2.20 bits per heavy atom. The highest BCUT2D eigenvalue weighted by molar-refractivity contribution is 6.31. The summed E-state index contributed by atoms with van der Waals surface area (Å²) in [5.41, 5.74) is 3.29. The van der Waals surface area contributed by atoms with Crippen molar-refractivity contribution < 1.29 is 0 Å². The average Bonchev–Trinajstić information content (AvgIpc) is 3.03. The number of benzene rings is 1. The van der Waals surface area contributed by atoms with E-state index >= 15 is 0 Å². The summed E-state index contributed by atoms with van der Waals surface area (Å²) in [6.45, 7) is 8.07. The summed E-state index contributed by atoms with van der Waals surface area (Å²) in [5.74, 6) is 0. The highest BCUT2D eigenvalue weighted by Gasteiger charge is 2.40. The number of likely N-dealkylation sites (tertiary alicyclic amines) is 1. The molecule has 2 saturated heterocycles. The van der Waals surface area contributed by atoms with Crippen molar-refractivity contribution in [1.29, 1.82) is 0 Å². The van der Waals surface area contributed by atoms with Crippen LogP contribution < -0.4 is 5.32 Å². The summed E-state index contributed by atoms with van der Waals surface area (Å²) >= 11 is 6.40. The van der Waals surface area contributed by atoms with E-state index in [1.54, 1.807) is 0 Å². The minimum atomic E-state index is 0. The SMILES string of the molecule is CCc1cccc(Cl)c1CN1CCC2(CCNC2)C1.Cl. The molecule has 1 unspecified atom stereocenters. The molecule has 1 aromatic carbocycles. The van der Waals surface area contributed by atoms with Gasteiger partial charge in [-0.25, -0.2) is 0 Å². The van der Waals surface area contributed by atoms with Crippen LogP contribution in [0.3, 0.4) is 0 Å². The van der Waals surface area contributed by atoms with Gasteiger partial charge in [0, 0.05) is 24.7 Å². The van der Waals surface area contributed by atoms with Gasteiger partial charge >= 0.3 is 0 Å². The van der Waals surface area contributed by atoms with E-state index in [9.17, 15) is 0 Å². The van der Waals surface area contributed by atoms with Crippen LogP contribution in [0.25, 0.3) is 0 Å². The van der Waals surface area contributed by atoms with Crippen molar-refractivity contribution in [2.24, 2.45) is 5.41 Å². The van der Waals surface area contributed by atoms with Gasteiger partial charge in [0.15, 0.2) is 0 Å². The molecule has 4 heteroatoms. The van der Waals surface area contributed by atoms with Crippen molar-refractivity contribution in [3.05, 3.63) is 34.3 Å². The minimum absolute atomic E-state index is 0. The number of hydrogen-bond donors (Lipinski definition) is 1. The minimum Gasteiger partial charge on any atom is -0.316 e. The van der Waals surface area contributed by atoms with Crippen LogP contribution in [0.4, 0.5) is 0 Å². The molecule has 0 radical (unpaired) electrons. The highest BCUT2D eigenvalue weighted by atomic mass is 35.5. The monoisotopic (exact) mass is 314 g/mol. The Kier molecular flexibility index (Phi) is 5.36. The largest absolute Gasteiger partial charge is 0.316 e. The Bertz CT molecular complexity index is 456. The normalized spacial score (nSPS) is 26.1. The van der Waals surface area contributed by atoms with E-state index in [0.717, 1.165) is 18.0 Å². The molecule has 2 aliphatic rings. The number of nitrogens with one attached hydrogen (secondary N) is 1. The molecular weight excluding hydrogens is 291 g/mol. The van der Waals surface area contributed by atoms with Gasteiger partial charge in [-0.3, -0.25) is 4.90 Å². The summed E-state index contributed by atoms with van der Waals surface area (Å²) < 4.78 is 0. The average molecular weight is 315 g/mol. The second-order valence-electron chi connectivity index (χ2n) is 6.12. The fourth-order valence-corrected chi connectivity index (χ4v) is 3.90. The Hall–Kier alpha value is -0.280. The molecule has 2 aliphatic heterocycles. The quantitative estimate of drug-likeness (QED) is 0.918. The summed E-state index contributed by atoms with van der Waals surface area (Å²) in [6.07, 6.45) is 3.75. The molecule has 0 aliphatic carbocycles. The molecule has 2 heterocycles. The van der Waals surface area contributed by atoms with Crippen molar-refractivity contribution in [2.45, 2.75) is 32.7 Å². The number of nitrogens with zero attached hydrogens (tertiary/aromatic N) is 1. The van der Waals surface area contributed by atoms with E-state index < -0.39 is 0 Å². The zero-order valence-corrected chi connectivity index (χ0v) is 13.7. The van der Waals surface area contributed by atoms with E-state index in [1.807, 2.05) is 6.07 Å². The molecule has 3 rings (SSSR count). The smallest absolute Gasteiger partial charge is 0.0453 e. The van der Waals surface area contributed by atoms with Crippen LogP contribution >= 0.6 is 24.0 Å². The molecule has 2 fully saturated rings. The van der Waals surface area contributed by atoms with Gasteiger partial charge in [-0.05, 0) is 55.0 Å². The fraction of sp³-hybridized carbons (Fsp3) is 0.625. The molecule has 0 saturated carbocycles. The van der Waals surface area contributed by atoms with Gasteiger partial charge in [-0.1, -0.05) is 30.7 Å². The summed E-state index contributed by atoms with van der Waals surface area (Å²) in [4.78, 5) is 2.59. The number of rotatable bonds is 3. The van der Waals surface area contributed by atoms with Gasteiger partial charge in [-0.15, -0.1) is 12.4 Å². The van der Waals surface area contributed by atoms with E-state index in [1.165, 1.54) is 50.1 Å². The van der Waals surface area contributed by atoms with Crippen molar-refractivity contribution in [2.75, 3.05) is 26.2 Å². The third-order valence-corrected chi connectivity index (χ3v) is 5.18. The Balaban J connectivity index is 0.00000147. The summed E-state index contributed by atoms with van der Waals surface area (Å²) in [6, 6.07) is 6.31. The number of hydrogen-bond acceptors (Lipinski definition) is 2. The van der Waals surface area contributed by atoms with Crippen LogP contribution in [0.2, 0.25) is 5.02 Å². The Labute approximate surface area is 133 Å². The van der Waals surface area contributed by atoms with Gasteiger partial charge in [0.2, 0.25) is 0 Å². The van der Waals surface area contributed by atoms with E-state index in [2.05, 4.69) is 29.3 Å². The molecule has 1 atom stereocenters. The first-order chi connectivity index (χ1) is 9.22. The molecule has 1 aromatic rings. The van der Waals surface area contributed by atoms with Crippen molar-refractivity contribution in [1.82, 2.24) is 10.2 Å². The first-order valence-corrected chi connectivity index (χ1v) is 7.80. The second-order valence-corrected chi connectivity index (χ2v) is 6.53. The molecule has 112 valence electrons. The Morgan fingerprint density at radius 3 is 2.90 bits per heavy atom. The Morgan fingerprint density at radius 1 is 1.35 bits per heavy atom. The third kappa shape index (κ3) is 3.14. The zero-order chi connectivity index (χ0) is 13.3. The standard InChI is InChI=1S/C16H23ClN2.ClH/c1-2-13-4-3-5-15(17)14(13)10-19-9-7-16(12-19)6-8-18-11-16;/h3-5,18H,2,6-12H2,1H3;1H. The van der Waals surface area contributed by atoms with Crippen molar-refractivity contribution in [3.8, 4) is 0 Å². The van der Waals surface area contributed by atoms with Crippen molar-refractivity contribution >= 4 is 24.0 Å². The summed E-state index contributed by atoms with van der Waals surface area (Å²) in [7, 11) is 0. The predicted octanol–water partition coefficient (Wildman–Crippen LogP) is 3.51. The van der Waals surface area contributed by atoms with Gasteiger partial charge in [-0.2, -0.15) is 0 Å². The number of aryl methyl sites for hydroxylation is 1. The lowest BCUT2D eigenvalue weighted by Gasteiger charge is -2.23. The van der Waals surface area contributed by atoms with Crippen LogP contribution in [0.15, 0.2) is 18.2 Å². The molecule has 0 bridgehead atoms. The van der Waals surface area contributed by atoms with E-state index in [4.69, 9.17) is 11.6 Å². The molecule has 20 heavy (non-hydrogen) atoms.